The number of carbonyl (C=O) groups excluding carboxylic acids is 1. The van der Waals surface area contributed by atoms with Crippen molar-refractivity contribution in [3.63, 3.8) is 0 Å². The quantitative estimate of drug-likeness (QED) is 0.586. The van der Waals surface area contributed by atoms with E-state index in [1.165, 1.54) is 47.4 Å². The first-order valence-electron chi connectivity index (χ1n) is 9.30. The van der Waals surface area contributed by atoms with Gasteiger partial charge in [0.1, 0.15) is 12.2 Å². The number of benzene rings is 2. The summed E-state index contributed by atoms with van der Waals surface area (Å²) in [4.78, 5) is 28.5. The van der Waals surface area contributed by atoms with E-state index in [-0.39, 0.29) is 23.2 Å². The summed E-state index contributed by atoms with van der Waals surface area (Å²) in [6, 6.07) is 10.8. The maximum atomic E-state index is 13.4. The molecule has 0 saturated carbocycles. The van der Waals surface area contributed by atoms with E-state index >= 15 is 0 Å². The van der Waals surface area contributed by atoms with Gasteiger partial charge in [0, 0.05) is 22.3 Å². The van der Waals surface area contributed by atoms with Gasteiger partial charge in [0.2, 0.25) is 0 Å². The van der Waals surface area contributed by atoms with Crippen LogP contribution in [0, 0.1) is 0 Å². The second kappa shape index (κ2) is 7.71. The number of ether oxygens (including phenoxy) is 1. The largest absolute Gasteiger partial charge is 0.441 e. The molecule has 0 radical (unpaired) electrons. The number of aromatic nitrogens is 1. The summed E-state index contributed by atoms with van der Waals surface area (Å²) >= 11 is 0. The summed E-state index contributed by atoms with van der Waals surface area (Å²) in [5, 5.41) is 19.3. The van der Waals surface area contributed by atoms with Crippen LogP contribution in [0.15, 0.2) is 53.3 Å². The third-order valence-corrected chi connectivity index (χ3v) is 5.12. The highest BCUT2D eigenvalue weighted by Crippen LogP contribution is 2.36. The summed E-state index contributed by atoms with van der Waals surface area (Å²) < 4.78 is 45.1. The lowest BCUT2D eigenvalue weighted by atomic mass is 10.0. The van der Waals surface area contributed by atoms with Crippen molar-refractivity contribution in [1.82, 2.24) is 4.98 Å². The standard InChI is InChI=1S/C21H17F3N2O5/c22-21(23,24)15-4-2-1-3-13(15)16-7-11-5-6-12(8-14(11)19(29)25-16)26-9-18(17(28)10-27)31-20(26)30/h1-8,17-18,27-28H,9-10H2,(H,25,29)/t17-,18-/m1/s1. The Labute approximate surface area is 173 Å². The van der Waals surface area contributed by atoms with Gasteiger partial charge in [0.25, 0.3) is 5.56 Å². The molecule has 1 aliphatic heterocycles. The van der Waals surface area contributed by atoms with E-state index in [2.05, 4.69) is 4.98 Å². The van der Waals surface area contributed by atoms with Crippen molar-refractivity contribution in [3.05, 3.63) is 64.4 Å². The lowest BCUT2D eigenvalue weighted by Crippen LogP contribution is -2.33. The Morgan fingerprint density at radius 1 is 1.16 bits per heavy atom. The second-order valence-electron chi connectivity index (χ2n) is 7.11. The van der Waals surface area contributed by atoms with E-state index in [0.29, 0.717) is 11.1 Å². The van der Waals surface area contributed by atoms with E-state index in [1.54, 1.807) is 0 Å². The smallest absolute Gasteiger partial charge is 0.417 e. The monoisotopic (exact) mass is 434 g/mol. The van der Waals surface area contributed by atoms with Crippen LogP contribution in [-0.4, -0.2) is 46.6 Å². The lowest BCUT2D eigenvalue weighted by molar-refractivity contribution is -0.137. The van der Waals surface area contributed by atoms with Gasteiger partial charge in [-0.05, 0) is 29.7 Å². The fourth-order valence-corrected chi connectivity index (χ4v) is 3.54. The van der Waals surface area contributed by atoms with Gasteiger partial charge >= 0.3 is 12.3 Å². The molecule has 31 heavy (non-hydrogen) atoms. The number of aliphatic hydroxyl groups is 2. The van der Waals surface area contributed by atoms with E-state index in [9.17, 15) is 27.9 Å². The number of rotatable bonds is 4. The molecular weight excluding hydrogens is 417 g/mol. The van der Waals surface area contributed by atoms with E-state index in [4.69, 9.17) is 9.84 Å². The van der Waals surface area contributed by atoms with Gasteiger partial charge in [0.15, 0.2) is 0 Å². The molecule has 0 unspecified atom stereocenters. The summed E-state index contributed by atoms with van der Waals surface area (Å²) in [6.45, 7) is -0.605. The summed E-state index contributed by atoms with van der Waals surface area (Å²) in [6.07, 6.45) is -7.50. The van der Waals surface area contributed by atoms with Gasteiger partial charge < -0.3 is 19.9 Å². The number of hydrogen-bond acceptors (Lipinski definition) is 5. The van der Waals surface area contributed by atoms with Crippen molar-refractivity contribution in [3.8, 4) is 11.3 Å². The van der Waals surface area contributed by atoms with Gasteiger partial charge in [0.05, 0.1) is 18.7 Å². The first-order chi connectivity index (χ1) is 14.7. The molecule has 1 amide bonds. The molecule has 1 aromatic heterocycles. The molecule has 3 aromatic rings. The van der Waals surface area contributed by atoms with Gasteiger partial charge in [-0.3, -0.25) is 9.69 Å². The van der Waals surface area contributed by atoms with Crippen LogP contribution in [0.1, 0.15) is 5.56 Å². The molecule has 10 heteroatoms. The van der Waals surface area contributed by atoms with Crippen molar-refractivity contribution in [1.29, 1.82) is 0 Å². The van der Waals surface area contributed by atoms with Gasteiger partial charge in [-0.15, -0.1) is 0 Å². The first-order valence-corrected chi connectivity index (χ1v) is 9.30. The molecule has 1 fully saturated rings. The van der Waals surface area contributed by atoms with Gasteiger partial charge in [-0.25, -0.2) is 4.79 Å². The molecule has 7 nitrogen and oxygen atoms in total. The zero-order valence-corrected chi connectivity index (χ0v) is 15.9. The molecule has 4 rings (SSSR count). The predicted molar refractivity (Wildman–Crippen MR) is 106 cm³/mol. The first kappa shape index (κ1) is 20.9. The molecule has 0 spiro atoms. The Hall–Kier alpha value is -3.37. The SMILES string of the molecule is O=C1O[C@@H]([C@H](O)CO)CN1c1ccc2cc(-c3ccccc3C(F)(F)F)[nH]c(=O)c2c1. The minimum atomic E-state index is -4.59. The Kier molecular flexibility index (Phi) is 5.19. The number of nitrogens with one attached hydrogen (secondary N) is 1. The van der Waals surface area contributed by atoms with Crippen LogP contribution in [0.25, 0.3) is 22.0 Å². The van der Waals surface area contributed by atoms with E-state index in [1.807, 2.05) is 0 Å². The second-order valence-corrected chi connectivity index (χ2v) is 7.11. The fraction of sp³-hybridized carbons (Fsp3) is 0.238. The molecule has 3 N–H and O–H groups in total. The maximum Gasteiger partial charge on any atom is 0.417 e. The minimum Gasteiger partial charge on any atom is -0.441 e. The van der Waals surface area contributed by atoms with Crippen LogP contribution in [0.4, 0.5) is 23.7 Å². The summed E-state index contributed by atoms with van der Waals surface area (Å²) in [7, 11) is 0. The van der Waals surface area contributed by atoms with Crippen molar-refractivity contribution >= 4 is 22.6 Å². The molecule has 1 aliphatic rings. The third kappa shape index (κ3) is 3.87. The number of amides is 1. The van der Waals surface area contributed by atoms with Crippen LogP contribution in [0.5, 0.6) is 0 Å². The maximum absolute atomic E-state index is 13.4. The number of aliphatic hydroxyl groups excluding tert-OH is 2. The van der Waals surface area contributed by atoms with Crippen LogP contribution in [-0.2, 0) is 10.9 Å². The fourth-order valence-electron chi connectivity index (χ4n) is 3.54. The molecule has 2 heterocycles. The zero-order chi connectivity index (χ0) is 22.3. The molecule has 162 valence electrons. The minimum absolute atomic E-state index is 0.0184. The molecule has 2 aromatic carbocycles. The average Bonchev–Trinajstić information content (AvgIpc) is 3.14. The van der Waals surface area contributed by atoms with Gasteiger partial charge in [-0.1, -0.05) is 24.3 Å². The highest BCUT2D eigenvalue weighted by molar-refractivity contribution is 5.94. The van der Waals surface area contributed by atoms with Crippen LogP contribution < -0.4 is 10.5 Å². The zero-order valence-electron chi connectivity index (χ0n) is 15.9. The van der Waals surface area contributed by atoms with E-state index < -0.39 is 42.2 Å². The number of nitrogens with zero attached hydrogens (tertiary/aromatic N) is 1. The van der Waals surface area contributed by atoms with Crippen molar-refractivity contribution < 1.29 is 32.9 Å². The predicted octanol–water partition coefficient (Wildman–Crippen LogP) is 2.89. The van der Waals surface area contributed by atoms with E-state index in [0.717, 1.165) is 6.07 Å². The van der Waals surface area contributed by atoms with Gasteiger partial charge in [-0.2, -0.15) is 13.2 Å². The van der Waals surface area contributed by atoms with Crippen LogP contribution in [0.3, 0.4) is 0 Å². The van der Waals surface area contributed by atoms with Crippen molar-refractivity contribution in [2.24, 2.45) is 0 Å². The number of fused-ring (bicyclic) bond motifs is 1. The molecule has 0 aliphatic carbocycles. The molecule has 0 bridgehead atoms. The number of pyridine rings is 1. The normalized spacial score (nSPS) is 17.8. The number of cyclic esters (lactones) is 1. The number of anilines is 1. The highest BCUT2D eigenvalue weighted by Gasteiger charge is 2.37. The number of halogens is 3. The molecule has 2 atom stereocenters. The number of alkyl halides is 3. The Balaban J connectivity index is 1.74. The summed E-state index contributed by atoms with van der Waals surface area (Å²) in [5.41, 5.74) is -1.30. The number of carbonyl (C=O) groups is 1. The van der Waals surface area contributed by atoms with Crippen molar-refractivity contribution in [2.75, 3.05) is 18.1 Å². The number of aromatic amines is 1. The summed E-state index contributed by atoms with van der Waals surface area (Å²) in [5.74, 6) is 0. The Bertz CT molecular complexity index is 1210. The van der Waals surface area contributed by atoms with Crippen LogP contribution >= 0.6 is 0 Å². The van der Waals surface area contributed by atoms with Crippen LogP contribution in [0.2, 0.25) is 0 Å². The number of H-pyrrole nitrogens is 1. The average molecular weight is 434 g/mol. The third-order valence-electron chi connectivity index (χ3n) is 5.12. The lowest BCUT2D eigenvalue weighted by Gasteiger charge is -2.16. The topological polar surface area (TPSA) is 103 Å². The molecular formula is C21H17F3N2O5. The number of hydrogen-bond donors (Lipinski definition) is 3. The Morgan fingerprint density at radius 2 is 1.90 bits per heavy atom. The highest BCUT2D eigenvalue weighted by atomic mass is 19.4. The Morgan fingerprint density at radius 3 is 2.61 bits per heavy atom. The van der Waals surface area contributed by atoms with Crippen molar-refractivity contribution in [2.45, 2.75) is 18.4 Å². The molecule has 1 saturated heterocycles.